The first kappa shape index (κ1) is 16.0. The van der Waals surface area contributed by atoms with E-state index in [1.165, 1.54) is 6.42 Å². The highest BCUT2D eigenvalue weighted by Crippen LogP contribution is 2.27. The maximum absolute atomic E-state index is 5.69. The van der Waals surface area contributed by atoms with Gasteiger partial charge in [0.15, 0.2) is 0 Å². The molecule has 0 saturated carbocycles. The number of hydrogen-bond acceptors (Lipinski definition) is 2. The van der Waals surface area contributed by atoms with Gasteiger partial charge in [0.2, 0.25) is 0 Å². The molecule has 1 aliphatic heterocycles. The number of halogens is 1. The molecule has 1 saturated heterocycles. The second-order valence-electron chi connectivity index (χ2n) is 6.60. The topological polar surface area (TPSA) is 15.3 Å². The molecule has 0 bridgehead atoms. The minimum absolute atomic E-state index is 0.299. The molecular weight excluding hydrogens is 244 g/mol. The van der Waals surface area contributed by atoms with Crippen molar-refractivity contribution in [2.75, 3.05) is 19.6 Å². The van der Waals surface area contributed by atoms with Gasteiger partial charge in [-0.2, -0.15) is 0 Å². The van der Waals surface area contributed by atoms with E-state index in [2.05, 4.69) is 50.9 Å². The van der Waals surface area contributed by atoms with Gasteiger partial charge >= 0.3 is 0 Å². The van der Waals surface area contributed by atoms with Crippen LogP contribution in [-0.4, -0.2) is 36.6 Å². The molecule has 1 N–H and O–H groups in total. The molecule has 0 aromatic heterocycles. The van der Waals surface area contributed by atoms with Crippen molar-refractivity contribution in [3.05, 3.63) is 11.6 Å². The number of piperazine rings is 1. The van der Waals surface area contributed by atoms with Crippen molar-refractivity contribution in [1.29, 1.82) is 0 Å². The molecule has 2 nitrogen and oxygen atoms in total. The summed E-state index contributed by atoms with van der Waals surface area (Å²) in [5.74, 6) is 0.730. The van der Waals surface area contributed by atoms with Gasteiger partial charge in [-0.25, -0.2) is 0 Å². The van der Waals surface area contributed by atoms with Crippen molar-refractivity contribution in [2.24, 2.45) is 11.3 Å². The lowest BCUT2D eigenvalue weighted by Crippen LogP contribution is -2.61. The first-order chi connectivity index (χ1) is 8.40. The summed E-state index contributed by atoms with van der Waals surface area (Å²) in [6.07, 6.45) is 3.29. The molecule has 18 heavy (non-hydrogen) atoms. The van der Waals surface area contributed by atoms with Crippen LogP contribution in [0, 0.1) is 11.3 Å². The van der Waals surface area contributed by atoms with Gasteiger partial charge in [-0.3, -0.25) is 4.90 Å². The molecular formula is C15H29ClN2. The van der Waals surface area contributed by atoms with Crippen LogP contribution in [-0.2, 0) is 0 Å². The van der Waals surface area contributed by atoms with Crippen molar-refractivity contribution < 1.29 is 0 Å². The summed E-state index contributed by atoms with van der Waals surface area (Å²) in [5, 5.41) is 3.73. The highest BCUT2D eigenvalue weighted by molar-refractivity contribution is 6.25. The van der Waals surface area contributed by atoms with Gasteiger partial charge in [0.1, 0.15) is 0 Å². The Morgan fingerprint density at radius 3 is 2.61 bits per heavy atom. The van der Waals surface area contributed by atoms with E-state index < -0.39 is 0 Å². The number of nitrogens with one attached hydrogen (secondary N) is 1. The first-order valence-corrected chi connectivity index (χ1v) is 7.56. The Hall–Kier alpha value is -0.0500. The van der Waals surface area contributed by atoms with Crippen molar-refractivity contribution in [2.45, 2.75) is 53.1 Å². The van der Waals surface area contributed by atoms with Gasteiger partial charge in [-0.1, -0.05) is 58.7 Å². The third-order valence-electron chi connectivity index (χ3n) is 4.20. The van der Waals surface area contributed by atoms with Crippen LogP contribution < -0.4 is 5.32 Å². The Balaban J connectivity index is 2.72. The standard InChI is InChI=1S/C15H29ClN2/c1-6-12(2)13-11-18(9-7-8-16)14(10-17-13)15(3,4)5/h7-8,12-14,17H,6,9-11H2,1-5H3/b8-7+. The molecule has 3 atom stereocenters. The average molecular weight is 273 g/mol. The lowest BCUT2D eigenvalue weighted by atomic mass is 9.82. The molecule has 3 unspecified atom stereocenters. The molecule has 0 aliphatic carbocycles. The van der Waals surface area contributed by atoms with Crippen LogP contribution in [0.25, 0.3) is 0 Å². The molecule has 0 amide bonds. The van der Waals surface area contributed by atoms with E-state index in [-0.39, 0.29) is 0 Å². The number of rotatable bonds is 4. The van der Waals surface area contributed by atoms with Crippen LogP contribution in [0.3, 0.4) is 0 Å². The summed E-state index contributed by atoms with van der Waals surface area (Å²) in [6.45, 7) is 14.7. The largest absolute Gasteiger partial charge is 0.311 e. The Bertz CT molecular complexity index is 270. The molecule has 1 aliphatic rings. The third kappa shape index (κ3) is 4.25. The normalized spacial score (nSPS) is 28.8. The molecule has 1 rings (SSSR count). The van der Waals surface area contributed by atoms with Crippen LogP contribution in [0.5, 0.6) is 0 Å². The SMILES string of the molecule is CCC(C)C1CN(C/C=C/Cl)C(C(C)(C)C)CN1. The predicted molar refractivity (Wildman–Crippen MR) is 81.1 cm³/mol. The predicted octanol–water partition coefficient (Wildman–Crippen LogP) is 3.47. The second-order valence-corrected chi connectivity index (χ2v) is 6.85. The van der Waals surface area contributed by atoms with E-state index in [1.807, 2.05) is 0 Å². The molecule has 0 spiro atoms. The smallest absolute Gasteiger partial charge is 0.0273 e. The molecule has 1 heterocycles. The fraction of sp³-hybridized carbons (Fsp3) is 0.867. The van der Waals surface area contributed by atoms with E-state index in [4.69, 9.17) is 11.6 Å². The summed E-state index contributed by atoms with van der Waals surface area (Å²) in [6, 6.07) is 1.18. The van der Waals surface area contributed by atoms with E-state index in [9.17, 15) is 0 Å². The lowest BCUT2D eigenvalue weighted by Gasteiger charge is -2.47. The van der Waals surface area contributed by atoms with Crippen molar-refractivity contribution in [1.82, 2.24) is 10.2 Å². The number of nitrogens with zero attached hydrogens (tertiary/aromatic N) is 1. The van der Waals surface area contributed by atoms with E-state index in [1.54, 1.807) is 5.54 Å². The zero-order valence-electron chi connectivity index (χ0n) is 12.5. The molecule has 3 heteroatoms. The van der Waals surface area contributed by atoms with E-state index >= 15 is 0 Å². The summed E-state index contributed by atoms with van der Waals surface area (Å²) in [7, 11) is 0. The van der Waals surface area contributed by atoms with Crippen molar-refractivity contribution in [3.63, 3.8) is 0 Å². The van der Waals surface area contributed by atoms with Crippen LogP contribution in [0.4, 0.5) is 0 Å². The Labute approximate surface area is 118 Å². The van der Waals surface area contributed by atoms with Gasteiger partial charge in [0.05, 0.1) is 0 Å². The Morgan fingerprint density at radius 1 is 1.44 bits per heavy atom. The monoisotopic (exact) mass is 272 g/mol. The van der Waals surface area contributed by atoms with Crippen LogP contribution in [0.15, 0.2) is 11.6 Å². The van der Waals surface area contributed by atoms with Gasteiger partial charge < -0.3 is 5.32 Å². The average Bonchev–Trinajstić information content (AvgIpc) is 2.33. The van der Waals surface area contributed by atoms with Crippen molar-refractivity contribution >= 4 is 11.6 Å². The van der Waals surface area contributed by atoms with E-state index in [0.29, 0.717) is 17.5 Å². The van der Waals surface area contributed by atoms with Crippen LogP contribution >= 0.6 is 11.6 Å². The summed E-state index contributed by atoms with van der Waals surface area (Å²) < 4.78 is 0. The van der Waals surface area contributed by atoms with E-state index in [0.717, 1.165) is 25.6 Å². The summed E-state index contributed by atoms with van der Waals surface area (Å²) in [4.78, 5) is 2.58. The minimum Gasteiger partial charge on any atom is -0.311 e. The molecule has 0 aromatic carbocycles. The zero-order valence-corrected chi connectivity index (χ0v) is 13.3. The number of hydrogen-bond donors (Lipinski definition) is 1. The fourth-order valence-corrected chi connectivity index (χ4v) is 2.81. The first-order valence-electron chi connectivity index (χ1n) is 7.12. The molecule has 0 radical (unpaired) electrons. The summed E-state index contributed by atoms with van der Waals surface area (Å²) >= 11 is 5.69. The lowest BCUT2D eigenvalue weighted by molar-refractivity contribution is 0.0535. The highest BCUT2D eigenvalue weighted by Gasteiger charge is 2.35. The second kappa shape index (κ2) is 6.93. The van der Waals surface area contributed by atoms with Crippen LogP contribution in [0.2, 0.25) is 0 Å². The molecule has 1 fully saturated rings. The minimum atomic E-state index is 0.299. The van der Waals surface area contributed by atoms with Gasteiger partial charge in [0.25, 0.3) is 0 Å². The molecule has 106 valence electrons. The quantitative estimate of drug-likeness (QED) is 0.843. The molecule has 0 aromatic rings. The van der Waals surface area contributed by atoms with Crippen LogP contribution in [0.1, 0.15) is 41.0 Å². The van der Waals surface area contributed by atoms with Gasteiger partial charge in [-0.05, 0) is 11.3 Å². The van der Waals surface area contributed by atoms with Crippen molar-refractivity contribution in [3.8, 4) is 0 Å². The maximum Gasteiger partial charge on any atom is 0.0273 e. The Kier molecular flexibility index (Phi) is 6.16. The zero-order chi connectivity index (χ0) is 13.8. The third-order valence-corrected chi connectivity index (χ3v) is 4.38. The maximum atomic E-state index is 5.69. The fourth-order valence-electron chi connectivity index (χ4n) is 2.73. The highest BCUT2D eigenvalue weighted by atomic mass is 35.5. The Morgan fingerprint density at radius 2 is 2.11 bits per heavy atom. The summed E-state index contributed by atoms with van der Waals surface area (Å²) in [5.41, 5.74) is 1.94. The van der Waals surface area contributed by atoms with Gasteiger partial charge in [0, 0.05) is 37.3 Å². The van der Waals surface area contributed by atoms with Gasteiger partial charge in [-0.15, -0.1) is 0 Å².